The van der Waals surface area contributed by atoms with E-state index in [-0.39, 0.29) is 0 Å². The summed E-state index contributed by atoms with van der Waals surface area (Å²) < 4.78 is 0. The lowest BCUT2D eigenvalue weighted by atomic mass is 10.1. The van der Waals surface area contributed by atoms with Gasteiger partial charge in [0.25, 0.3) is 0 Å². The largest absolute Gasteiger partial charge is 0.352 e. The number of nitrogens with zero attached hydrogens (tertiary/aromatic N) is 2. The Morgan fingerprint density at radius 1 is 0.962 bits per heavy atom. The Morgan fingerprint density at radius 3 is 2.27 bits per heavy atom. The molecule has 0 amide bonds. The van der Waals surface area contributed by atoms with Gasteiger partial charge in [0, 0.05) is 31.7 Å². The molecule has 2 aromatic rings. The first kappa shape index (κ1) is 18.7. The third-order valence-corrected chi connectivity index (χ3v) is 4.90. The van der Waals surface area contributed by atoms with Crippen LogP contribution in [0, 0.1) is 0 Å². The first-order chi connectivity index (χ1) is 12.7. The van der Waals surface area contributed by atoms with Gasteiger partial charge in [0.15, 0.2) is 5.96 Å². The first-order valence-electron chi connectivity index (χ1n) is 9.22. The summed E-state index contributed by atoms with van der Waals surface area (Å²) >= 11 is 6.02. The lowest BCUT2D eigenvalue weighted by Gasteiger charge is -2.15. The minimum atomic E-state index is 0.689. The van der Waals surface area contributed by atoms with Crippen molar-refractivity contribution in [2.24, 2.45) is 4.99 Å². The van der Waals surface area contributed by atoms with Gasteiger partial charge in [-0.05, 0) is 54.8 Å². The number of benzene rings is 2. The van der Waals surface area contributed by atoms with E-state index in [1.165, 1.54) is 37.1 Å². The third-order valence-electron chi connectivity index (χ3n) is 4.66. The van der Waals surface area contributed by atoms with Crippen molar-refractivity contribution >= 4 is 17.6 Å². The minimum Gasteiger partial charge on any atom is -0.352 e. The Kier molecular flexibility index (Phi) is 6.92. The second-order valence-electron chi connectivity index (χ2n) is 6.71. The normalized spacial score (nSPS) is 15.2. The highest BCUT2D eigenvalue weighted by atomic mass is 35.5. The predicted molar refractivity (Wildman–Crippen MR) is 109 cm³/mol. The molecule has 1 fully saturated rings. The molecule has 1 saturated heterocycles. The molecule has 3 rings (SSSR count). The van der Waals surface area contributed by atoms with Crippen LogP contribution in [0.1, 0.15) is 29.5 Å². The molecule has 0 saturated carbocycles. The molecule has 0 aromatic heterocycles. The highest BCUT2D eigenvalue weighted by Gasteiger charge is 2.11. The molecule has 2 aromatic carbocycles. The molecule has 1 heterocycles. The average Bonchev–Trinajstić information content (AvgIpc) is 3.16. The molecule has 0 atom stereocenters. The van der Waals surface area contributed by atoms with Crippen molar-refractivity contribution in [2.45, 2.75) is 32.5 Å². The van der Waals surface area contributed by atoms with Gasteiger partial charge in [-0.3, -0.25) is 9.89 Å². The third kappa shape index (κ3) is 5.75. The van der Waals surface area contributed by atoms with Crippen molar-refractivity contribution in [3.05, 3.63) is 70.2 Å². The molecule has 0 unspecified atom stereocenters. The Hall–Kier alpha value is -2.04. The molecule has 5 heteroatoms. The fraction of sp³-hybridized carbons (Fsp3) is 0.381. The lowest BCUT2D eigenvalue weighted by molar-refractivity contribution is 0.331. The van der Waals surface area contributed by atoms with Crippen molar-refractivity contribution in [2.75, 3.05) is 20.1 Å². The maximum absolute atomic E-state index is 6.02. The van der Waals surface area contributed by atoms with Crippen LogP contribution >= 0.6 is 11.6 Å². The lowest BCUT2D eigenvalue weighted by Crippen LogP contribution is -2.36. The van der Waals surface area contributed by atoms with Crippen LogP contribution < -0.4 is 10.6 Å². The zero-order valence-corrected chi connectivity index (χ0v) is 16.1. The molecular weight excluding hydrogens is 344 g/mol. The van der Waals surface area contributed by atoms with Crippen LogP contribution in [-0.4, -0.2) is 31.0 Å². The van der Waals surface area contributed by atoms with Crippen molar-refractivity contribution in [3.8, 4) is 0 Å². The van der Waals surface area contributed by atoms with Gasteiger partial charge in [-0.2, -0.15) is 0 Å². The molecule has 0 bridgehead atoms. The van der Waals surface area contributed by atoms with Crippen molar-refractivity contribution in [1.82, 2.24) is 15.5 Å². The summed E-state index contributed by atoms with van der Waals surface area (Å²) in [4.78, 5) is 6.80. The van der Waals surface area contributed by atoms with E-state index in [1.807, 2.05) is 24.3 Å². The topological polar surface area (TPSA) is 39.7 Å². The minimum absolute atomic E-state index is 0.689. The fourth-order valence-corrected chi connectivity index (χ4v) is 3.41. The van der Waals surface area contributed by atoms with E-state index < -0.39 is 0 Å². The summed E-state index contributed by atoms with van der Waals surface area (Å²) in [6, 6.07) is 16.7. The molecular formula is C21H27ClN4. The van der Waals surface area contributed by atoms with Crippen molar-refractivity contribution in [1.29, 1.82) is 0 Å². The van der Waals surface area contributed by atoms with Gasteiger partial charge >= 0.3 is 0 Å². The monoisotopic (exact) mass is 370 g/mol. The quantitative estimate of drug-likeness (QED) is 0.600. The summed E-state index contributed by atoms with van der Waals surface area (Å²) in [5.41, 5.74) is 3.77. The summed E-state index contributed by atoms with van der Waals surface area (Å²) in [7, 11) is 1.78. The van der Waals surface area contributed by atoms with E-state index in [0.29, 0.717) is 6.54 Å². The van der Waals surface area contributed by atoms with Crippen LogP contribution in [0.4, 0.5) is 0 Å². The molecule has 2 N–H and O–H groups in total. The number of rotatable bonds is 6. The van der Waals surface area contributed by atoms with Crippen molar-refractivity contribution in [3.63, 3.8) is 0 Å². The summed E-state index contributed by atoms with van der Waals surface area (Å²) in [5, 5.41) is 7.43. The molecule has 26 heavy (non-hydrogen) atoms. The maximum Gasteiger partial charge on any atom is 0.191 e. The van der Waals surface area contributed by atoms with Gasteiger partial charge < -0.3 is 10.6 Å². The summed E-state index contributed by atoms with van der Waals surface area (Å²) in [6.07, 6.45) is 2.67. The van der Waals surface area contributed by atoms with E-state index in [2.05, 4.69) is 44.8 Å². The zero-order chi connectivity index (χ0) is 18.2. The highest BCUT2D eigenvalue weighted by Crippen LogP contribution is 2.13. The van der Waals surface area contributed by atoms with Gasteiger partial charge in [-0.1, -0.05) is 48.0 Å². The van der Waals surface area contributed by atoms with Gasteiger partial charge in [0.05, 0.1) is 0 Å². The van der Waals surface area contributed by atoms with Gasteiger partial charge in [0.1, 0.15) is 0 Å². The molecule has 1 aliphatic rings. The predicted octanol–water partition coefficient (Wildman–Crippen LogP) is 3.80. The Labute approximate surface area is 161 Å². The summed E-state index contributed by atoms with van der Waals surface area (Å²) in [5.74, 6) is 0.783. The van der Waals surface area contributed by atoms with E-state index >= 15 is 0 Å². The van der Waals surface area contributed by atoms with Crippen LogP contribution in [0.3, 0.4) is 0 Å². The molecule has 0 radical (unpaired) electrons. The molecule has 0 spiro atoms. The number of hydrogen-bond acceptors (Lipinski definition) is 2. The Morgan fingerprint density at radius 2 is 1.62 bits per heavy atom. The zero-order valence-electron chi connectivity index (χ0n) is 15.3. The number of likely N-dealkylation sites (tertiary alicyclic amines) is 1. The smallest absolute Gasteiger partial charge is 0.191 e. The van der Waals surface area contributed by atoms with Crippen LogP contribution in [0.5, 0.6) is 0 Å². The number of hydrogen-bond donors (Lipinski definition) is 2. The fourth-order valence-electron chi connectivity index (χ4n) is 3.20. The van der Waals surface area contributed by atoms with Crippen LogP contribution in [-0.2, 0) is 19.6 Å². The number of halogens is 1. The first-order valence-corrected chi connectivity index (χ1v) is 9.60. The number of nitrogens with one attached hydrogen (secondary N) is 2. The van der Waals surface area contributed by atoms with Gasteiger partial charge in [0.2, 0.25) is 0 Å². The number of aliphatic imine (C=N–C) groups is 1. The molecule has 4 nitrogen and oxygen atoms in total. The SMILES string of the molecule is CN=C(NCc1ccc(CN2CCCC2)cc1)NCc1cccc(Cl)c1. The van der Waals surface area contributed by atoms with Gasteiger partial charge in [-0.25, -0.2) is 0 Å². The van der Waals surface area contributed by atoms with Crippen LogP contribution in [0.15, 0.2) is 53.5 Å². The standard InChI is InChI=1S/C21H27ClN4/c1-23-21(25-15-19-5-4-6-20(22)13-19)24-14-17-7-9-18(10-8-17)16-26-11-2-3-12-26/h4-10,13H,2-3,11-12,14-16H2,1H3,(H2,23,24,25). The van der Waals surface area contributed by atoms with E-state index in [1.54, 1.807) is 7.05 Å². The molecule has 138 valence electrons. The maximum atomic E-state index is 6.02. The average molecular weight is 371 g/mol. The number of guanidine groups is 1. The molecule has 1 aliphatic heterocycles. The second kappa shape index (κ2) is 9.60. The van der Waals surface area contributed by atoms with E-state index in [0.717, 1.165) is 29.6 Å². The highest BCUT2D eigenvalue weighted by molar-refractivity contribution is 6.30. The van der Waals surface area contributed by atoms with Crippen LogP contribution in [0.2, 0.25) is 5.02 Å². The van der Waals surface area contributed by atoms with E-state index in [4.69, 9.17) is 11.6 Å². The van der Waals surface area contributed by atoms with Crippen molar-refractivity contribution < 1.29 is 0 Å². The molecule has 0 aliphatic carbocycles. The van der Waals surface area contributed by atoms with Gasteiger partial charge in [-0.15, -0.1) is 0 Å². The van der Waals surface area contributed by atoms with E-state index in [9.17, 15) is 0 Å². The second-order valence-corrected chi connectivity index (χ2v) is 7.15. The summed E-state index contributed by atoms with van der Waals surface area (Å²) in [6.45, 7) is 4.97. The Balaban J connectivity index is 1.45. The van der Waals surface area contributed by atoms with Crippen LogP contribution in [0.25, 0.3) is 0 Å². The Bertz CT molecular complexity index is 721.